The first-order valence-corrected chi connectivity index (χ1v) is 1.87. The molecule has 0 radical (unpaired) electrons. The smallest absolute Gasteiger partial charge is 0.305 e. The fourth-order valence-corrected chi connectivity index (χ4v) is 0.388. The van der Waals surface area contributed by atoms with Gasteiger partial charge in [-0.15, -0.1) is 0 Å². The second kappa shape index (κ2) is 1.29. The average Bonchev–Trinajstić information content (AvgIpc) is 1.87. The predicted octanol–water partition coefficient (Wildman–Crippen LogP) is 0.323. The van der Waals surface area contributed by atoms with Crippen molar-refractivity contribution >= 4 is 5.97 Å². The Balaban J connectivity index is 2.40. The molecule has 0 aromatic rings. The molecule has 34 valence electrons. The van der Waals surface area contributed by atoms with E-state index in [9.17, 15) is 4.79 Å². The molecule has 1 atom stereocenters. The lowest BCUT2D eigenvalue weighted by atomic mass is 10.4. The number of ether oxygens (including phenoxy) is 1. The van der Waals surface area contributed by atoms with Gasteiger partial charge in [-0.1, -0.05) is 0 Å². The maximum absolute atomic E-state index is 10.1. The van der Waals surface area contributed by atoms with Crippen LogP contribution in [0.2, 0.25) is 0 Å². The van der Waals surface area contributed by atoms with Crippen molar-refractivity contribution in [1.29, 1.82) is 0 Å². The summed E-state index contributed by atoms with van der Waals surface area (Å²) in [5.41, 5.74) is 0. The summed E-state index contributed by atoms with van der Waals surface area (Å²) in [4.78, 5) is 10.1. The van der Waals surface area contributed by atoms with Gasteiger partial charge in [0.05, 0.1) is 6.61 Å². The van der Waals surface area contributed by atoms with Crippen LogP contribution in [-0.4, -0.2) is 12.6 Å². The minimum atomic E-state index is -0.299. The Morgan fingerprint density at radius 2 is 2.83 bits per heavy atom. The Morgan fingerprint density at radius 1 is 2.00 bits per heavy atom. The molecule has 1 aliphatic rings. The fraction of sp³-hybridized carbons (Fsp3) is 0.750. The molecular formula is C4H6O2. The van der Waals surface area contributed by atoms with Crippen molar-refractivity contribution in [3.8, 4) is 0 Å². The minimum Gasteiger partial charge on any atom is -0.466 e. The highest BCUT2D eigenvalue weighted by molar-refractivity contribution is 5.70. The van der Waals surface area contributed by atoms with E-state index in [1.807, 2.05) is 0 Å². The SMILES string of the molecule is [2H][C@H]1COC(=O)C1. The molecule has 1 fully saturated rings. The Morgan fingerprint density at radius 3 is 3.00 bits per heavy atom. The number of esters is 1. The topological polar surface area (TPSA) is 26.3 Å². The summed E-state index contributed by atoms with van der Waals surface area (Å²) in [5.74, 6) is -0.236. The van der Waals surface area contributed by atoms with E-state index in [4.69, 9.17) is 1.37 Å². The van der Waals surface area contributed by atoms with E-state index in [2.05, 4.69) is 4.74 Å². The molecule has 2 nitrogen and oxygen atoms in total. The fourth-order valence-electron chi connectivity index (χ4n) is 0.388. The maximum Gasteiger partial charge on any atom is 0.305 e. The van der Waals surface area contributed by atoms with Crippen molar-refractivity contribution in [3.05, 3.63) is 0 Å². The molecule has 1 aliphatic heterocycles. The van der Waals surface area contributed by atoms with E-state index in [0.717, 1.165) is 0 Å². The van der Waals surface area contributed by atoms with Crippen molar-refractivity contribution in [3.63, 3.8) is 0 Å². The van der Waals surface area contributed by atoms with Crippen LogP contribution in [0.5, 0.6) is 0 Å². The molecular weight excluding hydrogens is 80.0 g/mol. The van der Waals surface area contributed by atoms with Gasteiger partial charge < -0.3 is 4.74 Å². The number of carbonyl (C=O) groups is 1. The van der Waals surface area contributed by atoms with Crippen LogP contribution in [-0.2, 0) is 9.53 Å². The van der Waals surface area contributed by atoms with E-state index >= 15 is 0 Å². The Kier molecular flexibility index (Phi) is 0.560. The van der Waals surface area contributed by atoms with Gasteiger partial charge in [0, 0.05) is 7.79 Å². The van der Waals surface area contributed by atoms with E-state index < -0.39 is 0 Å². The number of carbonyl (C=O) groups excluding carboxylic acids is 1. The zero-order valence-electron chi connectivity index (χ0n) is 4.31. The second-order valence-electron chi connectivity index (χ2n) is 1.18. The van der Waals surface area contributed by atoms with Crippen LogP contribution in [0.15, 0.2) is 0 Å². The molecule has 6 heavy (non-hydrogen) atoms. The summed E-state index contributed by atoms with van der Waals surface area (Å²) < 4.78 is 11.4. The van der Waals surface area contributed by atoms with Gasteiger partial charge in [0.15, 0.2) is 0 Å². The molecule has 0 aromatic heterocycles. The third kappa shape index (κ3) is 0.506. The molecule has 0 aromatic carbocycles. The monoisotopic (exact) mass is 87.0 g/mol. The first-order chi connectivity index (χ1) is 3.29. The largest absolute Gasteiger partial charge is 0.466 e. The van der Waals surface area contributed by atoms with Gasteiger partial charge in [-0.25, -0.2) is 0 Å². The molecule has 1 heterocycles. The quantitative estimate of drug-likeness (QED) is 0.398. The van der Waals surface area contributed by atoms with Crippen molar-refractivity contribution in [2.75, 3.05) is 6.61 Å². The van der Waals surface area contributed by atoms with E-state index in [0.29, 0.717) is 6.61 Å². The minimum absolute atomic E-state index is 0.236. The van der Waals surface area contributed by atoms with Crippen molar-refractivity contribution in [1.82, 2.24) is 0 Å². The van der Waals surface area contributed by atoms with Crippen molar-refractivity contribution in [2.45, 2.75) is 12.8 Å². The van der Waals surface area contributed by atoms with Crippen LogP contribution in [0.3, 0.4) is 0 Å². The maximum atomic E-state index is 10.1. The van der Waals surface area contributed by atoms with Gasteiger partial charge in [0.1, 0.15) is 0 Å². The lowest BCUT2D eigenvalue weighted by Crippen LogP contribution is -1.88. The third-order valence-electron chi connectivity index (χ3n) is 0.673. The predicted molar refractivity (Wildman–Crippen MR) is 20.2 cm³/mol. The first kappa shape index (κ1) is 2.61. The molecule has 0 bridgehead atoms. The molecule has 0 spiro atoms. The van der Waals surface area contributed by atoms with Crippen LogP contribution in [0, 0.1) is 0 Å². The van der Waals surface area contributed by atoms with Crippen LogP contribution in [0.4, 0.5) is 0 Å². The van der Waals surface area contributed by atoms with Crippen LogP contribution < -0.4 is 0 Å². The van der Waals surface area contributed by atoms with E-state index in [-0.39, 0.29) is 18.8 Å². The molecule has 0 saturated carbocycles. The summed E-state index contributed by atoms with van der Waals surface area (Å²) in [6.45, 7) is 0.291. The van der Waals surface area contributed by atoms with Gasteiger partial charge in [0.25, 0.3) is 0 Å². The highest BCUT2D eigenvalue weighted by atomic mass is 16.5. The molecule has 1 rings (SSSR count). The normalized spacial score (nSPS) is 35.7. The third-order valence-corrected chi connectivity index (χ3v) is 0.673. The zero-order chi connectivity index (χ0) is 5.28. The van der Waals surface area contributed by atoms with Crippen molar-refractivity contribution in [2.24, 2.45) is 0 Å². The first-order valence-electron chi connectivity index (χ1n) is 2.44. The summed E-state index contributed by atoms with van der Waals surface area (Å²) in [6, 6.07) is 0. The van der Waals surface area contributed by atoms with Gasteiger partial charge >= 0.3 is 5.97 Å². The second-order valence-corrected chi connectivity index (χ2v) is 1.18. The summed E-state index contributed by atoms with van der Waals surface area (Å²) >= 11 is 0. The lowest BCUT2D eigenvalue weighted by molar-refractivity contribution is -0.137. The van der Waals surface area contributed by atoms with Crippen LogP contribution >= 0.6 is 0 Å². The van der Waals surface area contributed by atoms with Crippen LogP contribution in [0.25, 0.3) is 0 Å². The molecule has 0 unspecified atom stereocenters. The molecule has 0 aliphatic carbocycles. The van der Waals surface area contributed by atoms with Gasteiger partial charge in [-0.2, -0.15) is 0 Å². The van der Waals surface area contributed by atoms with Crippen molar-refractivity contribution < 1.29 is 10.9 Å². The Bertz CT molecular complexity index is 91.7. The Labute approximate surface area is 37.5 Å². The molecule has 0 N–H and O–H groups in total. The summed E-state index contributed by atoms with van der Waals surface area (Å²) in [6.07, 6.45) is -0.0208. The summed E-state index contributed by atoms with van der Waals surface area (Å²) in [5, 5.41) is 0. The molecule has 1 saturated heterocycles. The lowest BCUT2D eigenvalue weighted by Gasteiger charge is -1.81. The standard InChI is InChI=1S/C4H6O2/c5-4-2-1-3-6-4/h1-3H2/i1D/t1-/m1/s1. The van der Waals surface area contributed by atoms with E-state index in [1.54, 1.807) is 0 Å². The zero-order valence-corrected chi connectivity index (χ0v) is 3.31. The Hall–Kier alpha value is -0.530. The molecule has 0 amide bonds. The number of rotatable bonds is 0. The number of cyclic esters (lactones) is 1. The average molecular weight is 87.1 g/mol. The van der Waals surface area contributed by atoms with E-state index in [1.165, 1.54) is 0 Å². The highest BCUT2D eigenvalue weighted by Gasteiger charge is 2.08. The molecule has 2 heteroatoms. The van der Waals surface area contributed by atoms with Gasteiger partial charge in [-0.3, -0.25) is 4.79 Å². The highest BCUT2D eigenvalue weighted by Crippen LogP contribution is 2.01. The number of hydrogen-bond acceptors (Lipinski definition) is 2. The summed E-state index contributed by atoms with van der Waals surface area (Å²) in [7, 11) is 0. The van der Waals surface area contributed by atoms with Gasteiger partial charge in [-0.05, 0) is 6.40 Å². The number of hydrogen-bond donors (Lipinski definition) is 0. The van der Waals surface area contributed by atoms with Crippen LogP contribution in [0.1, 0.15) is 14.2 Å². The van der Waals surface area contributed by atoms with Gasteiger partial charge in [0.2, 0.25) is 0 Å².